The molecule has 0 radical (unpaired) electrons. The number of rotatable bonds is 63. The molecule has 0 amide bonds. The quantitative estimate of drug-likeness (QED) is 0.0261. The zero-order valence-corrected chi connectivity index (χ0v) is 51.7. The lowest BCUT2D eigenvalue weighted by atomic mass is 10.0. The van der Waals surface area contributed by atoms with Crippen molar-refractivity contribution in [3.8, 4) is 0 Å². The van der Waals surface area contributed by atoms with Crippen LogP contribution < -0.4 is 0 Å². The summed E-state index contributed by atoms with van der Waals surface area (Å²) in [6, 6.07) is 0. The highest BCUT2D eigenvalue weighted by molar-refractivity contribution is 5.71. The van der Waals surface area contributed by atoms with Gasteiger partial charge in [-0.1, -0.05) is 339 Å². The van der Waals surface area contributed by atoms with Crippen LogP contribution in [0.15, 0.2) is 48.6 Å². The van der Waals surface area contributed by atoms with Crippen LogP contribution in [0.2, 0.25) is 0 Å². The fourth-order valence-corrected chi connectivity index (χ4v) is 10.3. The summed E-state index contributed by atoms with van der Waals surface area (Å²) in [4.78, 5) is 38.0. The first-order valence-corrected chi connectivity index (χ1v) is 34.1. The number of esters is 3. The lowest BCUT2D eigenvalue weighted by molar-refractivity contribution is -0.167. The van der Waals surface area contributed by atoms with Crippen molar-refractivity contribution in [2.24, 2.45) is 0 Å². The summed E-state index contributed by atoms with van der Waals surface area (Å²) < 4.78 is 16.8. The van der Waals surface area contributed by atoms with E-state index in [4.69, 9.17) is 14.2 Å². The molecular weight excluding hydrogens is 949 g/mol. The van der Waals surface area contributed by atoms with E-state index in [9.17, 15) is 14.4 Å². The van der Waals surface area contributed by atoms with Crippen LogP contribution in [0.4, 0.5) is 0 Å². The first-order valence-electron chi connectivity index (χ1n) is 34.1. The second-order valence-corrected chi connectivity index (χ2v) is 23.1. The molecule has 0 saturated heterocycles. The third kappa shape index (κ3) is 64.1. The van der Waals surface area contributed by atoms with Gasteiger partial charge < -0.3 is 14.2 Å². The summed E-state index contributed by atoms with van der Waals surface area (Å²) in [5, 5.41) is 0. The van der Waals surface area contributed by atoms with Gasteiger partial charge in [-0.05, 0) is 57.8 Å². The Balaban J connectivity index is 3.94. The van der Waals surface area contributed by atoms with Gasteiger partial charge in [0.05, 0.1) is 0 Å². The monoisotopic (exact) mass is 1080 g/mol. The van der Waals surface area contributed by atoms with Gasteiger partial charge in [0.15, 0.2) is 6.10 Å². The van der Waals surface area contributed by atoms with E-state index in [1.165, 1.54) is 238 Å². The van der Waals surface area contributed by atoms with Crippen LogP contribution in [0, 0.1) is 0 Å². The molecule has 0 aromatic rings. The molecule has 1 atom stereocenters. The Bertz CT molecular complexity index is 1330. The molecule has 0 heterocycles. The first kappa shape index (κ1) is 74.4. The Morgan fingerprint density at radius 3 is 0.792 bits per heavy atom. The van der Waals surface area contributed by atoms with Crippen LogP contribution >= 0.6 is 0 Å². The van der Waals surface area contributed by atoms with Crippen molar-refractivity contribution in [3.05, 3.63) is 48.6 Å². The molecule has 0 aliphatic rings. The van der Waals surface area contributed by atoms with Crippen LogP contribution in [-0.4, -0.2) is 37.2 Å². The molecule has 0 spiro atoms. The predicted molar refractivity (Wildman–Crippen MR) is 335 cm³/mol. The Hall–Kier alpha value is -2.63. The average Bonchev–Trinajstić information content (AvgIpc) is 3.43. The molecule has 0 N–H and O–H groups in total. The molecule has 0 fully saturated rings. The largest absolute Gasteiger partial charge is 0.462 e. The fraction of sp³-hybridized carbons (Fsp3) is 0.845. The highest BCUT2D eigenvalue weighted by Gasteiger charge is 2.19. The van der Waals surface area contributed by atoms with Gasteiger partial charge in [0.2, 0.25) is 0 Å². The smallest absolute Gasteiger partial charge is 0.306 e. The molecule has 0 aliphatic heterocycles. The molecule has 1 unspecified atom stereocenters. The molecule has 0 aromatic carbocycles. The van der Waals surface area contributed by atoms with Crippen LogP contribution in [-0.2, 0) is 28.6 Å². The maximum atomic E-state index is 12.8. The second kappa shape index (κ2) is 65.9. The van der Waals surface area contributed by atoms with Crippen LogP contribution in [0.25, 0.3) is 0 Å². The number of ether oxygens (including phenoxy) is 3. The van der Waals surface area contributed by atoms with E-state index in [2.05, 4.69) is 69.4 Å². The standard InChI is InChI=1S/C71H130O6/c1-4-7-10-13-15-17-19-21-23-25-27-29-31-33-34-35-36-38-39-41-43-45-47-49-51-53-55-58-61-64-70(73)76-67-68(66-75-69(72)63-60-57-12-9-6-3)77-71(74)65-62-59-56-54-52-50-48-46-44-42-40-37-32-30-28-26-24-22-20-18-16-14-11-8-5-2/h7,10,15,17,21,23,27,29,68H,4-6,8-9,11-14,16,18-20,22,24-26,28,30-67H2,1-3H3/b10-7-,17-15-,23-21-,29-27-. The van der Waals surface area contributed by atoms with Crippen LogP contribution in [0.1, 0.15) is 367 Å². The average molecular weight is 1080 g/mol. The third-order valence-corrected chi connectivity index (χ3v) is 15.3. The van der Waals surface area contributed by atoms with Gasteiger partial charge in [0.25, 0.3) is 0 Å². The fourth-order valence-electron chi connectivity index (χ4n) is 10.3. The number of carbonyl (C=O) groups is 3. The van der Waals surface area contributed by atoms with Crippen molar-refractivity contribution in [1.82, 2.24) is 0 Å². The maximum absolute atomic E-state index is 12.8. The summed E-state index contributed by atoms with van der Waals surface area (Å²) >= 11 is 0. The molecule has 6 heteroatoms. The highest BCUT2D eigenvalue weighted by Crippen LogP contribution is 2.18. The zero-order chi connectivity index (χ0) is 55.7. The molecule has 77 heavy (non-hydrogen) atoms. The number of hydrogen-bond donors (Lipinski definition) is 0. The van der Waals surface area contributed by atoms with Crippen molar-refractivity contribution >= 4 is 17.9 Å². The van der Waals surface area contributed by atoms with Crippen molar-refractivity contribution in [2.75, 3.05) is 13.2 Å². The molecule has 0 aromatic heterocycles. The van der Waals surface area contributed by atoms with Crippen LogP contribution in [0.3, 0.4) is 0 Å². The van der Waals surface area contributed by atoms with Crippen molar-refractivity contribution in [3.63, 3.8) is 0 Å². The van der Waals surface area contributed by atoms with Gasteiger partial charge in [-0.2, -0.15) is 0 Å². The van der Waals surface area contributed by atoms with Crippen molar-refractivity contribution in [1.29, 1.82) is 0 Å². The van der Waals surface area contributed by atoms with Gasteiger partial charge in [-0.25, -0.2) is 0 Å². The maximum Gasteiger partial charge on any atom is 0.306 e. The number of unbranched alkanes of at least 4 members (excludes halogenated alkanes) is 44. The summed E-state index contributed by atoms with van der Waals surface area (Å²) in [7, 11) is 0. The number of hydrogen-bond acceptors (Lipinski definition) is 6. The van der Waals surface area contributed by atoms with E-state index < -0.39 is 6.10 Å². The Labute approximate surface area is 479 Å². The first-order chi connectivity index (χ1) is 38.0. The van der Waals surface area contributed by atoms with Gasteiger partial charge in [0, 0.05) is 19.3 Å². The van der Waals surface area contributed by atoms with Gasteiger partial charge in [-0.15, -0.1) is 0 Å². The molecule has 0 aliphatic carbocycles. The summed E-state index contributed by atoms with van der Waals surface area (Å²) in [6.45, 7) is 6.51. The van der Waals surface area contributed by atoms with Gasteiger partial charge in [0.1, 0.15) is 13.2 Å². The van der Waals surface area contributed by atoms with Crippen molar-refractivity contribution < 1.29 is 28.6 Å². The van der Waals surface area contributed by atoms with E-state index in [1.54, 1.807) is 0 Å². The lowest BCUT2D eigenvalue weighted by Crippen LogP contribution is -2.30. The summed E-state index contributed by atoms with van der Waals surface area (Å²) in [5.41, 5.74) is 0. The summed E-state index contributed by atoms with van der Waals surface area (Å²) in [5.74, 6) is -0.858. The highest BCUT2D eigenvalue weighted by atomic mass is 16.6. The molecular formula is C71H130O6. The second-order valence-electron chi connectivity index (χ2n) is 23.1. The molecule has 0 bridgehead atoms. The van der Waals surface area contributed by atoms with Crippen molar-refractivity contribution in [2.45, 2.75) is 374 Å². The minimum absolute atomic E-state index is 0.0679. The zero-order valence-electron chi connectivity index (χ0n) is 51.7. The normalized spacial score (nSPS) is 12.3. The van der Waals surface area contributed by atoms with E-state index in [1.807, 2.05) is 0 Å². The topological polar surface area (TPSA) is 78.9 Å². The third-order valence-electron chi connectivity index (χ3n) is 15.3. The SMILES string of the molecule is CC/C=C\C/C=C\C/C=C\C/C=C\CCCCCCCCCCCCCCCCCCC(=O)OCC(COC(=O)CCCCCCC)OC(=O)CCCCCCCCCCCCCCCCCCCCCCCCCCC. The molecule has 6 nitrogen and oxygen atoms in total. The Morgan fingerprint density at radius 1 is 0.273 bits per heavy atom. The number of carbonyl (C=O) groups excluding carboxylic acids is 3. The summed E-state index contributed by atoms with van der Waals surface area (Å²) in [6.07, 6.45) is 83.4. The Morgan fingerprint density at radius 2 is 0.506 bits per heavy atom. The van der Waals surface area contributed by atoms with E-state index >= 15 is 0 Å². The minimum atomic E-state index is -0.766. The van der Waals surface area contributed by atoms with Gasteiger partial charge in [-0.3, -0.25) is 14.4 Å². The molecule has 450 valence electrons. The van der Waals surface area contributed by atoms with E-state index in [0.717, 1.165) is 89.9 Å². The van der Waals surface area contributed by atoms with Gasteiger partial charge >= 0.3 is 17.9 Å². The van der Waals surface area contributed by atoms with Crippen LogP contribution in [0.5, 0.6) is 0 Å². The minimum Gasteiger partial charge on any atom is -0.462 e. The predicted octanol–water partition coefficient (Wildman–Crippen LogP) is 23.3. The number of allylic oxidation sites excluding steroid dienone is 8. The molecule has 0 saturated carbocycles. The van der Waals surface area contributed by atoms with E-state index in [-0.39, 0.29) is 31.1 Å². The van der Waals surface area contributed by atoms with E-state index in [0.29, 0.717) is 19.3 Å². The Kier molecular flexibility index (Phi) is 63.6. The molecule has 0 rings (SSSR count). The lowest BCUT2D eigenvalue weighted by Gasteiger charge is -2.18.